The van der Waals surface area contributed by atoms with Crippen molar-refractivity contribution in [2.24, 2.45) is 11.8 Å². The van der Waals surface area contributed by atoms with E-state index < -0.39 is 0 Å². The molecule has 0 aromatic rings. The van der Waals surface area contributed by atoms with Gasteiger partial charge in [0, 0.05) is 24.9 Å². The van der Waals surface area contributed by atoms with Gasteiger partial charge in [-0.25, -0.2) is 0 Å². The third kappa shape index (κ3) is 0.388. The van der Waals surface area contributed by atoms with Crippen molar-refractivity contribution in [1.29, 1.82) is 0 Å². The fourth-order valence-corrected chi connectivity index (χ4v) is 1.55. The Labute approximate surface area is 48.3 Å². The van der Waals surface area contributed by atoms with Gasteiger partial charge in [0.15, 0.2) is 0 Å². The summed E-state index contributed by atoms with van der Waals surface area (Å²) in [4.78, 5) is 10.8. The summed E-state index contributed by atoms with van der Waals surface area (Å²) in [5.74, 6) is 1.30. The maximum absolute atomic E-state index is 10.8. The molecule has 0 unspecified atom stereocenters. The Morgan fingerprint density at radius 1 is 1.38 bits per heavy atom. The molecule has 3 aliphatic rings. The summed E-state index contributed by atoms with van der Waals surface area (Å²) in [6.45, 7) is 1.88. The normalized spacial score (nSPS) is 43.8. The standard InChI is InChI=1S/C6H9NO/c8-6-4-1-5(6)3-7-2-4/h4-5,7H,1-3H2/t4-,5+. The highest BCUT2D eigenvalue weighted by Gasteiger charge is 2.41. The Kier molecular flexibility index (Phi) is 0.742. The first-order chi connectivity index (χ1) is 3.88. The summed E-state index contributed by atoms with van der Waals surface area (Å²) in [6, 6.07) is 0. The van der Waals surface area contributed by atoms with Gasteiger partial charge in [0.1, 0.15) is 5.78 Å². The minimum absolute atomic E-state index is 0.397. The summed E-state index contributed by atoms with van der Waals surface area (Å²) in [7, 11) is 0. The molecule has 1 N–H and O–H groups in total. The second-order valence-electron chi connectivity index (χ2n) is 2.69. The van der Waals surface area contributed by atoms with Gasteiger partial charge in [-0.1, -0.05) is 0 Å². The lowest BCUT2D eigenvalue weighted by molar-refractivity contribution is -0.137. The van der Waals surface area contributed by atoms with Gasteiger partial charge in [0.25, 0.3) is 0 Å². The van der Waals surface area contributed by atoms with Gasteiger partial charge in [-0.15, -0.1) is 0 Å². The number of carbonyl (C=O) groups excluding carboxylic acids is 1. The zero-order valence-corrected chi connectivity index (χ0v) is 4.68. The first kappa shape index (κ1) is 4.50. The SMILES string of the molecule is O=C1[C@@H]2CNC[C@H]1C2. The summed E-state index contributed by atoms with van der Waals surface area (Å²) >= 11 is 0. The number of rotatable bonds is 0. The van der Waals surface area contributed by atoms with Crippen LogP contribution in [0.3, 0.4) is 0 Å². The molecule has 2 atom stereocenters. The van der Waals surface area contributed by atoms with Crippen LogP contribution in [0.2, 0.25) is 0 Å². The number of fused-ring (bicyclic) bond motifs is 2. The van der Waals surface area contributed by atoms with Crippen LogP contribution in [0, 0.1) is 11.8 Å². The molecule has 0 spiro atoms. The smallest absolute Gasteiger partial charge is 0.141 e. The van der Waals surface area contributed by atoms with E-state index >= 15 is 0 Å². The predicted octanol–water partition coefficient (Wildman–Crippen LogP) is -0.205. The second-order valence-corrected chi connectivity index (χ2v) is 2.69. The van der Waals surface area contributed by atoms with Crippen molar-refractivity contribution >= 4 is 5.78 Å². The number of hydrogen-bond acceptors (Lipinski definition) is 2. The molecule has 0 radical (unpaired) electrons. The van der Waals surface area contributed by atoms with Gasteiger partial charge in [-0.3, -0.25) is 4.79 Å². The van der Waals surface area contributed by atoms with Crippen molar-refractivity contribution < 1.29 is 4.79 Å². The van der Waals surface area contributed by atoms with Crippen LogP contribution >= 0.6 is 0 Å². The van der Waals surface area contributed by atoms with E-state index in [4.69, 9.17) is 0 Å². The molecule has 1 saturated carbocycles. The first-order valence-electron chi connectivity index (χ1n) is 3.12. The second kappa shape index (κ2) is 1.32. The minimum atomic E-state index is 0.397. The van der Waals surface area contributed by atoms with Crippen molar-refractivity contribution in [3.05, 3.63) is 0 Å². The minimum Gasteiger partial charge on any atom is -0.315 e. The van der Waals surface area contributed by atoms with Gasteiger partial charge in [0.2, 0.25) is 0 Å². The van der Waals surface area contributed by atoms with Crippen molar-refractivity contribution in [3.8, 4) is 0 Å². The maximum atomic E-state index is 10.8. The number of ketones is 1. The molecule has 1 aliphatic carbocycles. The highest BCUT2D eigenvalue weighted by atomic mass is 16.1. The Hall–Kier alpha value is -0.370. The lowest BCUT2D eigenvalue weighted by Crippen LogP contribution is -2.53. The molecule has 0 aromatic carbocycles. The fourth-order valence-electron chi connectivity index (χ4n) is 1.55. The van der Waals surface area contributed by atoms with Crippen LogP contribution in [0.5, 0.6) is 0 Å². The average Bonchev–Trinajstić information content (AvgIpc) is 1.89. The van der Waals surface area contributed by atoms with E-state index in [9.17, 15) is 4.79 Å². The summed E-state index contributed by atoms with van der Waals surface area (Å²) in [6.07, 6.45) is 1.16. The van der Waals surface area contributed by atoms with Gasteiger partial charge in [-0.2, -0.15) is 0 Å². The third-order valence-electron chi connectivity index (χ3n) is 2.16. The maximum Gasteiger partial charge on any atom is 0.141 e. The molecule has 2 saturated heterocycles. The van der Waals surface area contributed by atoms with Crippen molar-refractivity contribution in [2.45, 2.75) is 6.42 Å². The largest absolute Gasteiger partial charge is 0.315 e. The molecule has 2 heteroatoms. The lowest BCUT2D eigenvalue weighted by atomic mass is 9.71. The number of carbonyl (C=O) groups is 1. The summed E-state index contributed by atoms with van der Waals surface area (Å²) in [5.41, 5.74) is 0. The van der Waals surface area contributed by atoms with E-state index in [0.717, 1.165) is 19.5 Å². The fraction of sp³-hybridized carbons (Fsp3) is 0.833. The zero-order chi connectivity index (χ0) is 5.56. The van der Waals surface area contributed by atoms with E-state index in [1.54, 1.807) is 0 Å². The van der Waals surface area contributed by atoms with E-state index in [1.807, 2.05) is 0 Å². The average molecular weight is 111 g/mol. The molecule has 3 fully saturated rings. The van der Waals surface area contributed by atoms with Crippen LogP contribution in [-0.2, 0) is 4.79 Å². The van der Waals surface area contributed by atoms with E-state index in [1.165, 1.54) is 0 Å². The highest BCUT2D eigenvalue weighted by molar-refractivity contribution is 5.90. The molecule has 0 amide bonds. The zero-order valence-electron chi connectivity index (χ0n) is 4.68. The van der Waals surface area contributed by atoms with Gasteiger partial charge in [-0.05, 0) is 6.42 Å². The molecule has 3 rings (SSSR count). The quantitative estimate of drug-likeness (QED) is 0.469. The van der Waals surface area contributed by atoms with Crippen molar-refractivity contribution in [1.82, 2.24) is 5.32 Å². The number of nitrogens with one attached hydrogen (secondary N) is 1. The lowest BCUT2D eigenvalue weighted by Gasteiger charge is -2.39. The highest BCUT2D eigenvalue weighted by Crippen LogP contribution is 2.31. The molecule has 0 aromatic heterocycles. The number of Topliss-reactive ketones (excluding diaryl/α,β-unsaturated/α-hetero) is 1. The topological polar surface area (TPSA) is 29.1 Å². The van der Waals surface area contributed by atoms with E-state index in [0.29, 0.717) is 17.6 Å². The summed E-state index contributed by atoms with van der Waals surface area (Å²) < 4.78 is 0. The number of hydrogen-bond donors (Lipinski definition) is 1. The first-order valence-corrected chi connectivity index (χ1v) is 3.12. The molecule has 2 nitrogen and oxygen atoms in total. The van der Waals surface area contributed by atoms with Crippen LogP contribution in [0.15, 0.2) is 0 Å². The number of piperidine rings is 2. The van der Waals surface area contributed by atoms with Crippen molar-refractivity contribution in [2.75, 3.05) is 13.1 Å². The molecular formula is C6H9NO. The van der Waals surface area contributed by atoms with Crippen molar-refractivity contribution in [3.63, 3.8) is 0 Å². The predicted molar refractivity (Wildman–Crippen MR) is 29.5 cm³/mol. The third-order valence-corrected chi connectivity index (χ3v) is 2.16. The van der Waals surface area contributed by atoms with Crippen LogP contribution in [0.1, 0.15) is 6.42 Å². The molecule has 2 aliphatic heterocycles. The van der Waals surface area contributed by atoms with Crippen LogP contribution in [0.25, 0.3) is 0 Å². The van der Waals surface area contributed by atoms with Crippen LogP contribution in [0.4, 0.5) is 0 Å². The van der Waals surface area contributed by atoms with E-state index in [2.05, 4.69) is 5.32 Å². The van der Waals surface area contributed by atoms with Gasteiger partial charge < -0.3 is 5.32 Å². The van der Waals surface area contributed by atoms with E-state index in [-0.39, 0.29) is 0 Å². The Balaban J connectivity index is 2.13. The summed E-state index contributed by atoms with van der Waals surface area (Å²) in [5, 5.41) is 3.19. The molecule has 44 valence electrons. The Bertz CT molecular complexity index is 116. The Morgan fingerprint density at radius 3 is 2.25 bits per heavy atom. The van der Waals surface area contributed by atoms with Crippen LogP contribution < -0.4 is 5.32 Å². The Morgan fingerprint density at radius 2 is 2.00 bits per heavy atom. The van der Waals surface area contributed by atoms with Crippen LogP contribution in [-0.4, -0.2) is 18.9 Å². The molecule has 2 bridgehead atoms. The monoisotopic (exact) mass is 111 g/mol. The molecule has 8 heavy (non-hydrogen) atoms. The van der Waals surface area contributed by atoms with Gasteiger partial charge in [0.05, 0.1) is 0 Å². The molecule has 2 heterocycles. The molecular weight excluding hydrogens is 102 g/mol. The van der Waals surface area contributed by atoms with Gasteiger partial charge >= 0.3 is 0 Å².